The molecule has 124 valence electrons. The second-order valence-electron chi connectivity index (χ2n) is 5.41. The normalized spacial score (nSPS) is 27.3. The average molecular weight is 322 g/mol. The summed E-state index contributed by atoms with van der Waals surface area (Å²) in [6, 6.07) is 0. The van der Waals surface area contributed by atoms with Gasteiger partial charge in [0.05, 0.1) is 6.61 Å². The van der Waals surface area contributed by atoms with Gasteiger partial charge in [-0.2, -0.15) is 0 Å². The van der Waals surface area contributed by atoms with Gasteiger partial charge in [-0.05, 0) is 0 Å². The molecule has 1 saturated heterocycles. The first kappa shape index (κ1) is 15.7. The Morgan fingerprint density at radius 2 is 1.78 bits per heavy atom. The third kappa shape index (κ3) is 2.77. The van der Waals surface area contributed by atoms with Crippen molar-refractivity contribution >= 4 is 22.7 Å². The van der Waals surface area contributed by atoms with Crippen molar-refractivity contribution in [1.82, 2.24) is 19.9 Å². The molecule has 23 heavy (non-hydrogen) atoms. The minimum absolute atomic E-state index is 0.343. The first-order chi connectivity index (χ1) is 11.0. The average Bonchev–Trinajstić information content (AvgIpc) is 2.82. The number of anilines is 2. The quantitative estimate of drug-likeness (QED) is 0.517. The van der Waals surface area contributed by atoms with Crippen LogP contribution in [-0.2, 0) is 4.74 Å². The smallest absolute Gasteiger partial charge is 0.158 e. The van der Waals surface area contributed by atoms with Gasteiger partial charge in [0, 0.05) is 14.1 Å². The van der Waals surface area contributed by atoms with E-state index in [0.29, 0.717) is 22.7 Å². The fraction of sp³-hybridized carbons (Fsp3) is 0.538. The van der Waals surface area contributed by atoms with Crippen molar-refractivity contribution in [2.24, 2.45) is 0 Å². The zero-order valence-corrected chi connectivity index (χ0v) is 12.7. The molecule has 0 unspecified atom stereocenters. The van der Waals surface area contributed by atoms with Crippen LogP contribution in [0.5, 0.6) is 0 Å². The molecule has 10 nitrogen and oxygen atoms in total. The van der Waals surface area contributed by atoms with E-state index in [9.17, 15) is 10.2 Å². The van der Waals surface area contributed by atoms with Crippen molar-refractivity contribution in [3.63, 3.8) is 0 Å². The van der Waals surface area contributed by atoms with E-state index in [-0.39, 0.29) is 0 Å². The fourth-order valence-corrected chi connectivity index (χ4v) is 2.45. The molecule has 1 aliphatic heterocycles. The molecule has 2 aromatic heterocycles. The SMILES string of the molecule is CN(C)c1ncnc2c(N[C@@H]3O[C@H](CO)[C@@H](O)[C@H]3O)ncnc12. The zero-order valence-electron chi connectivity index (χ0n) is 12.7. The van der Waals surface area contributed by atoms with E-state index in [0.717, 1.165) is 0 Å². The number of nitrogens with one attached hydrogen (secondary N) is 1. The van der Waals surface area contributed by atoms with Gasteiger partial charge in [0.15, 0.2) is 17.9 Å². The zero-order chi connectivity index (χ0) is 16.6. The topological polar surface area (TPSA) is 137 Å². The summed E-state index contributed by atoms with van der Waals surface area (Å²) in [5, 5.41) is 31.8. The second-order valence-corrected chi connectivity index (χ2v) is 5.41. The van der Waals surface area contributed by atoms with E-state index in [1.54, 1.807) is 4.90 Å². The van der Waals surface area contributed by atoms with Gasteiger partial charge in [0.1, 0.15) is 42.0 Å². The Bertz CT molecular complexity index is 699. The Balaban J connectivity index is 1.94. The number of rotatable bonds is 4. The molecular weight excluding hydrogens is 304 g/mol. The van der Waals surface area contributed by atoms with E-state index in [1.165, 1.54) is 12.7 Å². The molecule has 2 aromatic rings. The van der Waals surface area contributed by atoms with E-state index < -0.39 is 31.1 Å². The Hall–Kier alpha value is -2.14. The van der Waals surface area contributed by atoms with Crippen LogP contribution in [0.4, 0.5) is 11.6 Å². The predicted molar refractivity (Wildman–Crippen MR) is 80.8 cm³/mol. The lowest BCUT2D eigenvalue weighted by molar-refractivity contribution is -0.0153. The van der Waals surface area contributed by atoms with Gasteiger partial charge in [-0.15, -0.1) is 0 Å². The highest BCUT2D eigenvalue weighted by atomic mass is 16.6. The standard InChI is InChI=1S/C13H18N6O4/c1-19(2)12-8-7(14-5-17-12)11(16-4-15-8)18-13-10(22)9(21)6(3-20)23-13/h4-6,9-10,13,20-22H,3H2,1-2H3,(H,15,16,18)/t6-,9-,10-,13-/m1/s1. The first-order valence-electron chi connectivity index (χ1n) is 7.05. The molecule has 1 aliphatic rings. The molecule has 4 N–H and O–H groups in total. The summed E-state index contributed by atoms with van der Waals surface area (Å²) in [6.45, 7) is -0.395. The lowest BCUT2D eigenvalue weighted by atomic mass is 10.1. The van der Waals surface area contributed by atoms with Gasteiger partial charge in [-0.1, -0.05) is 0 Å². The monoisotopic (exact) mass is 322 g/mol. The van der Waals surface area contributed by atoms with Crippen molar-refractivity contribution < 1.29 is 20.1 Å². The van der Waals surface area contributed by atoms with Gasteiger partial charge in [0.25, 0.3) is 0 Å². The molecule has 4 atom stereocenters. The Kier molecular flexibility index (Phi) is 4.22. The van der Waals surface area contributed by atoms with Crippen molar-refractivity contribution in [2.45, 2.75) is 24.5 Å². The van der Waals surface area contributed by atoms with Crippen molar-refractivity contribution in [3.05, 3.63) is 12.7 Å². The number of ether oxygens (including phenoxy) is 1. The van der Waals surface area contributed by atoms with Gasteiger partial charge < -0.3 is 30.3 Å². The van der Waals surface area contributed by atoms with Gasteiger partial charge in [0.2, 0.25) is 0 Å². The van der Waals surface area contributed by atoms with Crippen LogP contribution in [-0.4, -0.2) is 80.5 Å². The predicted octanol–water partition coefficient (Wildman–Crippen LogP) is -1.66. The van der Waals surface area contributed by atoms with E-state index in [2.05, 4.69) is 25.3 Å². The molecule has 0 radical (unpaired) electrons. The number of hydrogen-bond acceptors (Lipinski definition) is 10. The molecule has 0 aliphatic carbocycles. The molecule has 3 heterocycles. The summed E-state index contributed by atoms with van der Waals surface area (Å²) >= 11 is 0. The van der Waals surface area contributed by atoms with Crippen LogP contribution in [0.2, 0.25) is 0 Å². The summed E-state index contributed by atoms with van der Waals surface area (Å²) in [5.74, 6) is 0.969. The number of aromatic nitrogens is 4. The van der Waals surface area contributed by atoms with Crippen LogP contribution in [0.3, 0.4) is 0 Å². The highest BCUT2D eigenvalue weighted by Gasteiger charge is 2.42. The summed E-state index contributed by atoms with van der Waals surface area (Å²) < 4.78 is 5.39. The van der Waals surface area contributed by atoms with Crippen LogP contribution < -0.4 is 10.2 Å². The van der Waals surface area contributed by atoms with Crippen LogP contribution >= 0.6 is 0 Å². The lowest BCUT2D eigenvalue weighted by Gasteiger charge is -2.18. The van der Waals surface area contributed by atoms with Crippen LogP contribution in [0, 0.1) is 0 Å². The van der Waals surface area contributed by atoms with Crippen LogP contribution in [0.15, 0.2) is 12.7 Å². The second kappa shape index (κ2) is 6.16. The largest absolute Gasteiger partial charge is 0.394 e. The number of aliphatic hydroxyl groups excluding tert-OH is 3. The molecule has 0 bridgehead atoms. The summed E-state index contributed by atoms with van der Waals surface area (Å²) in [6.07, 6.45) is -1.42. The maximum atomic E-state index is 10.0. The third-order valence-corrected chi connectivity index (χ3v) is 3.65. The van der Waals surface area contributed by atoms with Crippen LogP contribution in [0.25, 0.3) is 11.0 Å². The number of hydrogen-bond donors (Lipinski definition) is 4. The molecule has 1 fully saturated rings. The lowest BCUT2D eigenvalue weighted by Crippen LogP contribution is -2.36. The molecule has 10 heteroatoms. The molecule has 0 amide bonds. The maximum absolute atomic E-state index is 10.0. The van der Waals surface area contributed by atoms with Crippen molar-refractivity contribution in [1.29, 1.82) is 0 Å². The maximum Gasteiger partial charge on any atom is 0.158 e. The highest BCUT2D eigenvalue weighted by molar-refractivity contribution is 5.92. The number of nitrogens with zero attached hydrogens (tertiary/aromatic N) is 5. The Morgan fingerprint density at radius 1 is 1.09 bits per heavy atom. The fourth-order valence-electron chi connectivity index (χ4n) is 2.45. The summed E-state index contributed by atoms with van der Waals surface area (Å²) in [4.78, 5) is 18.5. The molecule has 3 rings (SSSR count). The highest BCUT2D eigenvalue weighted by Crippen LogP contribution is 2.27. The minimum Gasteiger partial charge on any atom is -0.394 e. The summed E-state index contributed by atoms with van der Waals surface area (Å²) in [5.41, 5.74) is 1.01. The van der Waals surface area contributed by atoms with Gasteiger partial charge in [-0.3, -0.25) is 0 Å². The van der Waals surface area contributed by atoms with E-state index in [4.69, 9.17) is 9.84 Å². The first-order valence-corrected chi connectivity index (χ1v) is 7.05. The summed E-state index contributed by atoms with van der Waals surface area (Å²) in [7, 11) is 3.67. The molecule has 0 aromatic carbocycles. The molecule has 0 saturated carbocycles. The van der Waals surface area contributed by atoms with Crippen molar-refractivity contribution in [2.75, 3.05) is 30.9 Å². The van der Waals surface area contributed by atoms with Gasteiger partial charge in [-0.25, -0.2) is 19.9 Å². The number of fused-ring (bicyclic) bond motifs is 1. The van der Waals surface area contributed by atoms with Crippen LogP contribution in [0.1, 0.15) is 0 Å². The van der Waals surface area contributed by atoms with Gasteiger partial charge >= 0.3 is 0 Å². The Labute approximate surface area is 131 Å². The number of aliphatic hydroxyl groups is 3. The van der Waals surface area contributed by atoms with Crippen molar-refractivity contribution in [3.8, 4) is 0 Å². The van der Waals surface area contributed by atoms with E-state index >= 15 is 0 Å². The van der Waals surface area contributed by atoms with E-state index in [1.807, 2.05) is 14.1 Å². The third-order valence-electron chi connectivity index (χ3n) is 3.65. The Morgan fingerprint density at radius 3 is 2.43 bits per heavy atom. The molecule has 0 spiro atoms. The minimum atomic E-state index is -1.20. The molecular formula is C13H18N6O4.